The molecule has 3 atom stereocenters. The van der Waals surface area contributed by atoms with Crippen LogP contribution < -0.4 is 0 Å². The summed E-state index contributed by atoms with van der Waals surface area (Å²) >= 11 is 3.42. The zero-order valence-corrected chi connectivity index (χ0v) is 27.0. The Kier molecular flexibility index (Phi) is 6.78. The third kappa shape index (κ3) is 3.84. The number of esters is 1. The van der Waals surface area contributed by atoms with Gasteiger partial charge in [-0.05, 0) is 61.2 Å². The predicted octanol–water partition coefficient (Wildman–Crippen LogP) is 7.59. The predicted molar refractivity (Wildman–Crippen MR) is 182 cm³/mol. The molecule has 3 aromatic carbocycles. The summed E-state index contributed by atoms with van der Waals surface area (Å²) in [4.78, 5) is 21.0. The van der Waals surface area contributed by atoms with Gasteiger partial charge in [0.05, 0.1) is 35.2 Å². The average molecular weight is 630 g/mol. The molecule has 3 unspecified atom stereocenters. The fourth-order valence-corrected chi connectivity index (χ4v) is 8.18. The molecule has 1 aliphatic heterocycles. The molecule has 4 N–H and O–H groups in total. The highest BCUT2D eigenvalue weighted by Gasteiger charge is 2.63. The smallest absolute Gasteiger partial charge is 0.343 e. The monoisotopic (exact) mass is 629 g/mol. The van der Waals surface area contributed by atoms with Gasteiger partial charge in [-0.15, -0.1) is 11.8 Å². The lowest BCUT2D eigenvalue weighted by atomic mass is 9.88. The lowest BCUT2D eigenvalue weighted by Gasteiger charge is -2.38. The Hall–Kier alpha value is -3.57. The number of carbonyl (C=O) groups excluding carboxylic acids is 1. The number of benzene rings is 3. The summed E-state index contributed by atoms with van der Waals surface area (Å²) in [5.74, 6) is 1.22. The Morgan fingerprint density at radius 2 is 1.98 bits per heavy atom. The number of rotatable bonds is 7. The number of methoxy groups -OCH3 is 1. The van der Waals surface area contributed by atoms with Gasteiger partial charge in [-0.1, -0.05) is 25.6 Å². The number of hydrogen-bond donors (Lipinski definition) is 4. The first-order valence-electron chi connectivity index (χ1n) is 14.6. The van der Waals surface area contributed by atoms with Gasteiger partial charge in [0.15, 0.2) is 11.6 Å². The van der Waals surface area contributed by atoms with E-state index in [-0.39, 0.29) is 12.3 Å². The van der Waals surface area contributed by atoms with Gasteiger partial charge in [-0.25, -0.2) is 4.79 Å². The van der Waals surface area contributed by atoms with E-state index in [4.69, 9.17) is 9.47 Å². The minimum atomic E-state index is -1.97. The average Bonchev–Trinajstić information content (AvgIpc) is 3.74. The van der Waals surface area contributed by atoms with E-state index in [0.29, 0.717) is 5.39 Å². The van der Waals surface area contributed by atoms with Crippen LogP contribution in [0.5, 0.6) is 5.88 Å². The van der Waals surface area contributed by atoms with Gasteiger partial charge in [0.1, 0.15) is 0 Å². The molecule has 10 heteroatoms. The number of hydrogen-bond acceptors (Lipinski definition) is 7. The number of aliphatic hydroxyl groups is 1. The summed E-state index contributed by atoms with van der Waals surface area (Å²) < 4.78 is 13.7. The number of aromatic amines is 2. The van der Waals surface area contributed by atoms with Gasteiger partial charge in [0, 0.05) is 55.7 Å². The van der Waals surface area contributed by atoms with Crippen LogP contribution in [0, 0.1) is 0 Å². The number of fused-ring (bicyclic) bond motifs is 10. The third-order valence-electron chi connectivity index (χ3n) is 9.22. The molecule has 0 spiro atoms. The fourth-order valence-electron chi connectivity index (χ4n) is 7.20. The van der Waals surface area contributed by atoms with Crippen molar-refractivity contribution in [2.75, 3.05) is 19.1 Å². The molecule has 7 rings (SSSR count). The minimum absolute atomic E-state index is 0.0696. The molecule has 228 valence electrons. The summed E-state index contributed by atoms with van der Waals surface area (Å²) in [7, 11) is 1.28. The van der Waals surface area contributed by atoms with Gasteiger partial charge < -0.3 is 34.2 Å². The Labute approximate surface area is 262 Å². The number of aromatic hydroxyl groups is 1. The van der Waals surface area contributed by atoms with E-state index < -0.39 is 23.4 Å². The molecule has 0 amide bonds. The molecule has 3 aromatic heterocycles. The highest BCUT2D eigenvalue weighted by Crippen LogP contribution is 2.52. The Morgan fingerprint density at radius 3 is 2.70 bits per heavy atom. The van der Waals surface area contributed by atoms with Crippen molar-refractivity contribution in [3.8, 4) is 5.88 Å². The van der Waals surface area contributed by atoms with Gasteiger partial charge >= 0.3 is 5.97 Å². The van der Waals surface area contributed by atoms with Crippen LogP contribution in [-0.4, -0.2) is 61.5 Å². The second-order valence-corrected chi connectivity index (χ2v) is 13.9. The molecule has 1 aliphatic rings. The SMILES string of the molecule is C=C(SC)c1ccc2c(c1)c1c3c[nH]c(O)c3c3c4cc(CSCC)ccc4[nH]c3c1n2C1(C)OC(C)CC1(O)C(=O)OC. The molecular formula is C34H35N3O5S2. The Bertz CT molecular complexity index is 2160. The number of thioether (sulfide) groups is 2. The molecule has 44 heavy (non-hydrogen) atoms. The zero-order chi connectivity index (χ0) is 31.1. The number of nitrogens with one attached hydrogen (secondary N) is 2. The summed E-state index contributed by atoms with van der Waals surface area (Å²) in [5.41, 5.74) is 1.86. The molecule has 1 saturated heterocycles. The Balaban J connectivity index is 1.72. The zero-order valence-electron chi connectivity index (χ0n) is 25.3. The van der Waals surface area contributed by atoms with Gasteiger partial charge in [0.2, 0.25) is 5.60 Å². The molecule has 0 bridgehead atoms. The van der Waals surface area contributed by atoms with Crippen molar-refractivity contribution in [2.24, 2.45) is 0 Å². The van der Waals surface area contributed by atoms with Crippen molar-refractivity contribution >= 4 is 88.8 Å². The first-order chi connectivity index (χ1) is 21.1. The molecule has 4 heterocycles. The Morgan fingerprint density at radius 1 is 1.18 bits per heavy atom. The van der Waals surface area contributed by atoms with Crippen molar-refractivity contribution in [1.29, 1.82) is 0 Å². The number of ether oxygens (including phenoxy) is 2. The van der Waals surface area contributed by atoms with E-state index in [0.717, 1.165) is 71.0 Å². The van der Waals surface area contributed by atoms with Crippen molar-refractivity contribution in [3.63, 3.8) is 0 Å². The largest absolute Gasteiger partial charge is 0.494 e. The standard InChI is InChI=1S/C34H35N3O5S2/c1-7-44-16-19-8-10-24-21(12-19)27-28-23(15-35-31(28)38)26-22-13-20(18(3)43-6)9-11-25(22)37(30(26)29(27)36-24)33(4)34(40,32(39)41-5)14-17(2)42-33/h8-13,15,17,35-36,38,40H,3,7,14,16H2,1-2,4-6H3. The molecule has 8 nitrogen and oxygen atoms in total. The summed E-state index contributed by atoms with van der Waals surface area (Å²) in [5, 5.41) is 28.6. The van der Waals surface area contributed by atoms with Crippen LogP contribution in [0.1, 0.15) is 38.3 Å². The summed E-state index contributed by atoms with van der Waals surface area (Å²) in [6.45, 7) is 10.0. The summed E-state index contributed by atoms with van der Waals surface area (Å²) in [6.07, 6.45) is 3.46. The van der Waals surface area contributed by atoms with Crippen molar-refractivity contribution in [3.05, 3.63) is 60.3 Å². The van der Waals surface area contributed by atoms with E-state index >= 15 is 0 Å². The van der Waals surface area contributed by atoms with Crippen molar-refractivity contribution < 1.29 is 24.5 Å². The topological polar surface area (TPSA) is 113 Å². The van der Waals surface area contributed by atoms with E-state index in [9.17, 15) is 15.0 Å². The highest BCUT2D eigenvalue weighted by molar-refractivity contribution is 8.07. The highest BCUT2D eigenvalue weighted by atomic mass is 32.2. The molecule has 1 fully saturated rings. The van der Waals surface area contributed by atoms with Gasteiger partial charge in [-0.3, -0.25) is 0 Å². The first kappa shape index (κ1) is 29.2. The van der Waals surface area contributed by atoms with Crippen LogP contribution in [0.2, 0.25) is 0 Å². The third-order valence-corrected chi connectivity index (χ3v) is 10.9. The fraction of sp³-hybridized carbons (Fsp3) is 0.324. The maximum absolute atomic E-state index is 13.4. The van der Waals surface area contributed by atoms with Crippen LogP contribution in [-0.2, 0) is 25.7 Å². The van der Waals surface area contributed by atoms with Crippen LogP contribution in [0.3, 0.4) is 0 Å². The lowest BCUT2D eigenvalue weighted by molar-refractivity contribution is -0.199. The van der Waals surface area contributed by atoms with Crippen LogP contribution in [0.25, 0.3) is 59.3 Å². The number of nitrogens with zero attached hydrogens (tertiary/aromatic N) is 1. The van der Waals surface area contributed by atoms with E-state index in [1.54, 1.807) is 18.7 Å². The molecule has 0 saturated carbocycles. The van der Waals surface area contributed by atoms with Crippen molar-refractivity contribution in [1.82, 2.24) is 14.5 Å². The van der Waals surface area contributed by atoms with Gasteiger partial charge in [0.25, 0.3) is 0 Å². The van der Waals surface area contributed by atoms with Crippen molar-refractivity contribution in [2.45, 2.75) is 50.4 Å². The normalized spacial score (nSPS) is 22.3. The van der Waals surface area contributed by atoms with E-state index in [1.165, 1.54) is 12.7 Å². The molecule has 0 aliphatic carbocycles. The minimum Gasteiger partial charge on any atom is -0.494 e. The maximum Gasteiger partial charge on any atom is 0.343 e. The first-order valence-corrected chi connectivity index (χ1v) is 17.0. The lowest BCUT2D eigenvalue weighted by Crippen LogP contribution is -2.56. The second-order valence-electron chi connectivity index (χ2n) is 11.7. The van der Waals surface area contributed by atoms with E-state index in [1.807, 2.05) is 47.8 Å². The number of H-pyrrole nitrogens is 2. The molecule has 0 radical (unpaired) electrons. The van der Waals surface area contributed by atoms with Gasteiger partial charge in [-0.2, -0.15) is 11.8 Å². The summed E-state index contributed by atoms with van der Waals surface area (Å²) in [6, 6.07) is 12.5. The van der Waals surface area contributed by atoms with E-state index in [2.05, 4.69) is 47.7 Å². The van der Waals surface area contributed by atoms with Crippen LogP contribution in [0.15, 0.2) is 49.2 Å². The molecular weight excluding hydrogens is 595 g/mol. The maximum atomic E-state index is 13.4. The number of aromatic nitrogens is 3. The molecule has 6 aromatic rings. The quantitative estimate of drug-likeness (QED) is 0.135. The number of carbonyl (C=O) groups is 1. The second kappa shape index (κ2) is 10.2. The van der Waals surface area contributed by atoms with Crippen LogP contribution >= 0.6 is 23.5 Å². The van der Waals surface area contributed by atoms with Crippen LogP contribution in [0.4, 0.5) is 0 Å².